The highest BCUT2D eigenvalue weighted by Crippen LogP contribution is 2.30. The number of esters is 1. The van der Waals surface area contributed by atoms with Crippen LogP contribution in [-0.4, -0.2) is 5.97 Å². The van der Waals surface area contributed by atoms with Crippen LogP contribution in [0.1, 0.15) is 6.92 Å². The molecule has 1 aromatic heterocycles. The van der Waals surface area contributed by atoms with Crippen LogP contribution in [0.25, 0.3) is 20.5 Å². The standard InChI is InChI=1S/C17H12O3S/c1-11(18)20-13-7-8-14-15(19)10-16(21-17(14)9-13)12-5-3-2-4-6-12/h2-10H,1H3. The van der Waals surface area contributed by atoms with Crippen LogP contribution in [0.15, 0.2) is 59.4 Å². The summed E-state index contributed by atoms with van der Waals surface area (Å²) in [5, 5.41) is 0.635. The van der Waals surface area contributed by atoms with Gasteiger partial charge in [0.15, 0.2) is 5.43 Å². The number of rotatable bonds is 2. The zero-order valence-corrected chi connectivity index (χ0v) is 12.1. The van der Waals surface area contributed by atoms with Crippen LogP contribution in [0.2, 0.25) is 0 Å². The molecule has 0 saturated heterocycles. The molecular weight excluding hydrogens is 284 g/mol. The minimum absolute atomic E-state index is 0.0306. The van der Waals surface area contributed by atoms with Crippen LogP contribution in [0.5, 0.6) is 5.75 Å². The Hall–Kier alpha value is -2.46. The third-order valence-corrected chi connectivity index (χ3v) is 4.15. The number of carbonyl (C=O) groups excluding carboxylic acids is 1. The van der Waals surface area contributed by atoms with Crippen molar-refractivity contribution >= 4 is 27.4 Å². The first-order valence-corrected chi connectivity index (χ1v) is 7.27. The molecule has 21 heavy (non-hydrogen) atoms. The van der Waals surface area contributed by atoms with Gasteiger partial charge < -0.3 is 4.74 Å². The molecule has 0 bridgehead atoms. The van der Waals surface area contributed by atoms with Crippen molar-refractivity contribution in [1.29, 1.82) is 0 Å². The molecule has 0 atom stereocenters. The minimum atomic E-state index is -0.374. The first-order chi connectivity index (χ1) is 10.1. The highest BCUT2D eigenvalue weighted by molar-refractivity contribution is 7.21. The van der Waals surface area contributed by atoms with Gasteiger partial charge in [-0.05, 0) is 23.8 Å². The molecule has 104 valence electrons. The minimum Gasteiger partial charge on any atom is -0.427 e. The first kappa shape index (κ1) is 13.5. The van der Waals surface area contributed by atoms with Crippen molar-refractivity contribution < 1.29 is 9.53 Å². The molecule has 0 radical (unpaired) electrons. The smallest absolute Gasteiger partial charge is 0.308 e. The fourth-order valence-corrected chi connectivity index (χ4v) is 3.22. The summed E-state index contributed by atoms with van der Waals surface area (Å²) in [6.07, 6.45) is 0. The molecule has 0 unspecified atom stereocenters. The lowest BCUT2D eigenvalue weighted by Gasteiger charge is -2.05. The molecule has 3 rings (SSSR count). The SMILES string of the molecule is CC(=O)Oc1ccc2c(=O)cc(-c3ccccc3)sc2c1. The number of fused-ring (bicyclic) bond motifs is 1. The van der Waals surface area contributed by atoms with Crippen LogP contribution < -0.4 is 10.2 Å². The Morgan fingerprint density at radius 1 is 1.05 bits per heavy atom. The lowest BCUT2D eigenvalue weighted by atomic mass is 10.1. The topological polar surface area (TPSA) is 43.4 Å². The third-order valence-electron chi connectivity index (χ3n) is 3.02. The van der Waals surface area contributed by atoms with Gasteiger partial charge in [0.1, 0.15) is 5.75 Å². The van der Waals surface area contributed by atoms with Crippen molar-refractivity contribution in [2.75, 3.05) is 0 Å². The van der Waals surface area contributed by atoms with Crippen LogP contribution in [0.3, 0.4) is 0 Å². The molecule has 0 N–H and O–H groups in total. The summed E-state index contributed by atoms with van der Waals surface area (Å²) in [4.78, 5) is 24.1. The Kier molecular flexibility index (Phi) is 3.54. The van der Waals surface area contributed by atoms with E-state index in [2.05, 4.69) is 0 Å². The van der Waals surface area contributed by atoms with Gasteiger partial charge in [0.25, 0.3) is 0 Å². The molecular formula is C17H12O3S. The number of carbonyl (C=O) groups is 1. The van der Waals surface area contributed by atoms with E-state index in [1.807, 2.05) is 30.3 Å². The number of benzene rings is 2. The first-order valence-electron chi connectivity index (χ1n) is 6.45. The Balaban J connectivity index is 2.17. The molecule has 2 aromatic carbocycles. The number of hydrogen-bond donors (Lipinski definition) is 0. The Morgan fingerprint density at radius 3 is 2.52 bits per heavy atom. The van der Waals surface area contributed by atoms with Gasteiger partial charge in [-0.15, -0.1) is 11.3 Å². The molecule has 0 spiro atoms. The molecule has 0 aliphatic carbocycles. The van der Waals surface area contributed by atoms with E-state index < -0.39 is 0 Å². The van der Waals surface area contributed by atoms with Gasteiger partial charge in [0, 0.05) is 28.0 Å². The number of hydrogen-bond acceptors (Lipinski definition) is 4. The zero-order chi connectivity index (χ0) is 14.8. The maximum absolute atomic E-state index is 12.2. The average Bonchev–Trinajstić information content (AvgIpc) is 2.47. The van der Waals surface area contributed by atoms with Gasteiger partial charge in [-0.1, -0.05) is 30.3 Å². The van der Waals surface area contributed by atoms with Crippen molar-refractivity contribution in [1.82, 2.24) is 0 Å². The third kappa shape index (κ3) is 2.85. The summed E-state index contributed by atoms with van der Waals surface area (Å²) in [6, 6.07) is 16.5. The van der Waals surface area contributed by atoms with Crippen LogP contribution in [0.4, 0.5) is 0 Å². The molecule has 0 aliphatic heterocycles. The van der Waals surface area contributed by atoms with E-state index in [1.54, 1.807) is 24.3 Å². The molecule has 0 fully saturated rings. The van der Waals surface area contributed by atoms with Crippen molar-refractivity contribution in [3.05, 3.63) is 64.8 Å². The maximum atomic E-state index is 12.2. The molecule has 0 amide bonds. The van der Waals surface area contributed by atoms with Gasteiger partial charge in [-0.3, -0.25) is 9.59 Å². The molecule has 4 heteroatoms. The van der Waals surface area contributed by atoms with Crippen molar-refractivity contribution in [3.8, 4) is 16.2 Å². The summed E-state index contributed by atoms with van der Waals surface area (Å²) in [5.41, 5.74) is 0.969. The second-order valence-electron chi connectivity index (χ2n) is 4.59. The van der Waals surface area contributed by atoms with Gasteiger partial charge in [-0.25, -0.2) is 0 Å². The Morgan fingerprint density at radius 2 is 1.81 bits per heavy atom. The maximum Gasteiger partial charge on any atom is 0.308 e. The summed E-state index contributed by atoms with van der Waals surface area (Å²) in [6.45, 7) is 1.35. The fraction of sp³-hybridized carbons (Fsp3) is 0.0588. The fourth-order valence-electron chi connectivity index (χ4n) is 2.11. The van der Waals surface area contributed by atoms with E-state index in [9.17, 15) is 9.59 Å². The predicted molar refractivity (Wildman–Crippen MR) is 84.8 cm³/mol. The summed E-state index contributed by atoms with van der Waals surface area (Å²) in [5.74, 6) is 0.0803. The van der Waals surface area contributed by atoms with Crippen molar-refractivity contribution in [3.63, 3.8) is 0 Å². The largest absolute Gasteiger partial charge is 0.427 e. The van der Waals surface area contributed by atoms with Gasteiger partial charge in [0.05, 0.1) is 0 Å². The average molecular weight is 296 g/mol. The lowest BCUT2D eigenvalue weighted by Crippen LogP contribution is -2.02. The quantitative estimate of drug-likeness (QED) is 0.533. The second kappa shape index (κ2) is 5.50. The van der Waals surface area contributed by atoms with Crippen LogP contribution in [0, 0.1) is 0 Å². The zero-order valence-electron chi connectivity index (χ0n) is 11.3. The van der Waals surface area contributed by atoms with E-state index in [1.165, 1.54) is 18.3 Å². The van der Waals surface area contributed by atoms with E-state index >= 15 is 0 Å². The summed E-state index contributed by atoms with van der Waals surface area (Å²) < 4.78 is 5.88. The molecule has 0 saturated carbocycles. The van der Waals surface area contributed by atoms with Gasteiger partial charge >= 0.3 is 5.97 Å². The summed E-state index contributed by atoms with van der Waals surface area (Å²) in [7, 11) is 0. The van der Waals surface area contributed by atoms with Crippen LogP contribution in [-0.2, 0) is 4.79 Å². The highest BCUT2D eigenvalue weighted by atomic mass is 32.1. The second-order valence-corrected chi connectivity index (χ2v) is 5.68. The van der Waals surface area contributed by atoms with E-state index in [4.69, 9.17) is 4.74 Å². The molecule has 0 aliphatic rings. The monoisotopic (exact) mass is 296 g/mol. The van der Waals surface area contributed by atoms with Crippen LogP contribution >= 0.6 is 11.3 Å². The predicted octanol–water partition coefficient (Wildman–Crippen LogP) is 3.85. The molecule has 3 nitrogen and oxygen atoms in total. The van der Waals surface area contributed by atoms with Crippen molar-refractivity contribution in [2.45, 2.75) is 6.92 Å². The molecule has 1 heterocycles. The molecule has 3 aromatic rings. The Labute approximate surface area is 125 Å². The highest BCUT2D eigenvalue weighted by Gasteiger charge is 2.07. The lowest BCUT2D eigenvalue weighted by molar-refractivity contribution is -0.131. The number of ether oxygens (including phenoxy) is 1. The van der Waals surface area contributed by atoms with Gasteiger partial charge in [-0.2, -0.15) is 0 Å². The normalized spacial score (nSPS) is 10.5. The summed E-state index contributed by atoms with van der Waals surface area (Å²) >= 11 is 1.50. The van der Waals surface area contributed by atoms with E-state index in [0.717, 1.165) is 15.1 Å². The van der Waals surface area contributed by atoms with Crippen molar-refractivity contribution in [2.24, 2.45) is 0 Å². The Bertz CT molecular complexity index is 866. The van der Waals surface area contributed by atoms with E-state index in [-0.39, 0.29) is 11.4 Å². The van der Waals surface area contributed by atoms with Gasteiger partial charge in [0.2, 0.25) is 0 Å². The van der Waals surface area contributed by atoms with E-state index in [0.29, 0.717) is 11.1 Å².